The van der Waals surface area contributed by atoms with Gasteiger partial charge < -0.3 is 19.5 Å². The van der Waals surface area contributed by atoms with Gasteiger partial charge in [0, 0.05) is 30.4 Å². The third kappa shape index (κ3) is 4.71. The van der Waals surface area contributed by atoms with Crippen LogP contribution in [0.2, 0.25) is 0 Å². The summed E-state index contributed by atoms with van der Waals surface area (Å²) in [5, 5.41) is 6.57. The van der Waals surface area contributed by atoms with Crippen LogP contribution in [0, 0.1) is 6.92 Å². The molecular weight excluding hydrogens is 358 g/mol. The van der Waals surface area contributed by atoms with Gasteiger partial charge in [-0.1, -0.05) is 19.0 Å². The molecule has 0 unspecified atom stereocenters. The fraction of sp³-hybridized carbons (Fsp3) is 0.476. The summed E-state index contributed by atoms with van der Waals surface area (Å²) in [5.74, 6) is -0.524. The van der Waals surface area contributed by atoms with Gasteiger partial charge in [0.1, 0.15) is 5.56 Å². The number of rotatable bonds is 6. The zero-order valence-electron chi connectivity index (χ0n) is 16.7. The van der Waals surface area contributed by atoms with E-state index in [2.05, 4.69) is 15.4 Å². The Morgan fingerprint density at radius 2 is 1.86 bits per heavy atom. The Kier molecular flexibility index (Phi) is 6.34. The van der Waals surface area contributed by atoms with Gasteiger partial charge in [0.2, 0.25) is 0 Å². The van der Waals surface area contributed by atoms with E-state index in [9.17, 15) is 9.59 Å². The van der Waals surface area contributed by atoms with Gasteiger partial charge in [0.15, 0.2) is 12.4 Å². The molecule has 1 aliphatic heterocycles. The first kappa shape index (κ1) is 19.9. The van der Waals surface area contributed by atoms with Crippen LogP contribution < -0.4 is 10.2 Å². The molecule has 7 heteroatoms. The molecule has 1 aromatic heterocycles. The van der Waals surface area contributed by atoms with Crippen molar-refractivity contribution in [2.24, 2.45) is 0 Å². The van der Waals surface area contributed by atoms with Crippen LogP contribution in [0.1, 0.15) is 60.8 Å². The molecule has 1 amide bonds. The highest BCUT2D eigenvalue weighted by Crippen LogP contribution is 2.23. The molecule has 28 heavy (non-hydrogen) atoms. The first-order chi connectivity index (χ1) is 13.5. The Morgan fingerprint density at radius 3 is 2.50 bits per heavy atom. The summed E-state index contributed by atoms with van der Waals surface area (Å²) in [5.41, 5.74) is 2.59. The molecular formula is C21H27N3O4. The van der Waals surface area contributed by atoms with E-state index in [4.69, 9.17) is 9.26 Å². The Labute approximate surface area is 165 Å². The van der Waals surface area contributed by atoms with E-state index in [0.717, 1.165) is 18.8 Å². The van der Waals surface area contributed by atoms with Crippen molar-refractivity contribution in [3.63, 3.8) is 0 Å². The smallest absolute Gasteiger partial charge is 0.344 e. The van der Waals surface area contributed by atoms with Crippen LogP contribution in [0.3, 0.4) is 0 Å². The molecule has 2 aromatic rings. The minimum absolute atomic E-state index is 0.00371. The van der Waals surface area contributed by atoms with Crippen molar-refractivity contribution in [1.82, 2.24) is 5.16 Å². The summed E-state index contributed by atoms with van der Waals surface area (Å²) < 4.78 is 10.3. The van der Waals surface area contributed by atoms with Crippen molar-refractivity contribution in [1.29, 1.82) is 0 Å². The molecule has 0 spiro atoms. The van der Waals surface area contributed by atoms with Gasteiger partial charge in [-0.2, -0.15) is 0 Å². The molecule has 3 rings (SSSR count). The number of piperidine rings is 1. The summed E-state index contributed by atoms with van der Waals surface area (Å²) in [6.07, 6.45) is 3.72. The molecule has 0 saturated carbocycles. The molecule has 1 aromatic carbocycles. The maximum atomic E-state index is 12.3. The molecule has 1 fully saturated rings. The number of hydrogen-bond donors (Lipinski definition) is 1. The number of carbonyl (C=O) groups is 2. The van der Waals surface area contributed by atoms with Crippen molar-refractivity contribution >= 4 is 23.3 Å². The zero-order valence-corrected chi connectivity index (χ0v) is 16.7. The van der Waals surface area contributed by atoms with Crippen LogP contribution in [-0.2, 0) is 9.53 Å². The number of hydrogen-bond acceptors (Lipinski definition) is 6. The van der Waals surface area contributed by atoms with E-state index in [1.165, 1.54) is 19.3 Å². The first-order valence-corrected chi connectivity index (χ1v) is 9.74. The highest BCUT2D eigenvalue weighted by atomic mass is 16.5. The van der Waals surface area contributed by atoms with Crippen molar-refractivity contribution in [2.75, 3.05) is 29.9 Å². The highest BCUT2D eigenvalue weighted by molar-refractivity contribution is 5.96. The van der Waals surface area contributed by atoms with Crippen LogP contribution >= 0.6 is 0 Å². The Balaban J connectivity index is 1.53. The van der Waals surface area contributed by atoms with Crippen molar-refractivity contribution < 1.29 is 18.8 Å². The molecule has 0 radical (unpaired) electrons. The quantitative estimate of drug-likeness (QED) is 0.760. The number of aryl methyl sites for hydroxylation is 1. The number of benzene rings is 1. The number of anilines is 2. The molecule has 1 saturated heterocycles. The van der Waals surface area contributed by atoms with Crippen LogP contribution in [0.4, 0.5) is 11.4 Å². The topological polar surface area (TPSA) is 84.7 Å². The Bertz CT molecular complexity index is 821. The summed E-state index contributed by atoms with van der Waals surface area (Å²) in [7, 11) is 0. The van der Waals surface area contributed by atoms with Crippen molar-refractivity contribution in [2.45, 2.75) is 46.0 Å². The fourth-order valence-electron chi connectivity index (χ4n) is 3.34. The van der Waals surface area contributed by atoms with Gasteiger partial charge in [0.25, 0.3) is 5.91 Å². The van der Waals surface area contributed by atoms with E-state index >= 15 is 0 Å². The second-order valence-corrected chi connectivity index (χ2v) is 7.38. The number of nitrogens with zero attached hydrogens (tertiary/aromatic N) is 2. The largest absolute Gasteiger partial charge is 0.452 e. The van der Waals surface area contributed by atoms with Crippen LogP contribution in [-0.4, -0.2) is 36.7 Å². The average molecular weight is 385 g/mol. The minimum Gasteiger partial charge on any atom is -0.452 e. The summed E-state index contributed by atoms with van der Waals surface area (Å²) in [4.78, 5) is 26.8. The van der Waals surface area contributed by atoms with E-state index in [1.807, 2.05) is 38.1 Å². The standard InChI is InChI=1S/C21H27N3O4/c1-14(2)20-19(15(3)23-28-20)21(26)27-13-18(25)22-16-7-9-17(10-8-16)24-11-5-4-6-12-24/h7-10,14H,4-6,11-13H2,1-3H3,(H,22,25). The highest BCUT2D eigenvalue weighted by Gasteiger charge is 2.24. The SMILES string of the molecule is Cc1noc(C(C)C)c1C(=O)OCC(=O)Nc1ccc(N2CCCCC2)cc1. The molecule has 1 N–H and O–H groups in total. The van der Waals surface area contributed by atoms with Crippen LogP contribution in [0.15, 0.2) is 28.8 Å². The van der Waals surface area contributed by atoms with Crippen LogP contribution in [0.5, 0.6) is 0 Å². The second-order valence-electron chi connectivity index (χ2n) is 7.38. The number of nitrogens with one attached hydrogen (secondary N) is 1. The molecule has 1 aliphatic rings. The molecule has 0 atom stereocenters. The van der Waals surface area contributed by atoms with Gasteiger partial charge in [-0.15, -0.1) is 0 Å². The lowest BCUT2D eigenvalue weighted by Crippen LogP contribution is -2.29. The number of amides is 1. The number of aromatic nitrogens is 1. The van der Waals surface area contributed by atoms with Crippen molar-refractivity contribution in [3.05, 3.63) is 41.3 Å². The van der Waals surface area contributed by atoms with E-state index in [1.54, 1.807) is 6.92 Å². The van der Waals surface area contributed by atoms with Gasteiger partial charge in [-0.3, -0.25) is 4.79 Å². The van der Waals surface area contributed by atoms with E-state index < -0.39 is 5.97 Å². The predicted octanol–water partition coefficient (Wildman–Crippen LogP) is 3.89. The molecule has 0 bridgehead atoms. The van der Waals surface area contributed by atoms with Crippen LogP contribution in [0.25, 0.3) is 0 Å². The van der Waals surface area contributed by atoms with E-state index in [-0.39, 0.29) is 18.4 Å². The summed E-state index contributed by atoms with van der Waals surface area (Å²) in [6, 6.07) is 7.74. The fourth-order valence-corrected chi connectivity index (χ4v) is 3.34. The summed E-state index contributed by atoms with van der Waals surface area (Å²) >= 11 is 0. The molecule has 150 valence electrons. The molecule has 2 heterocycles. The zero-order chi connectivity index (χ0) is 20.1. The lowest BCUT2D eigenvalue weighted by Gasteiger charge is -2.28. The van der Waals surface area contributed by atoms with Gasteiger partial charge in [-0.25, -0.2) is 4.79 Å². The predicted molar refractivity (Wildman–Crippen MR) is 107 cm³/mol. The third-order valence-electron chi connectivity index (χ3n) is 4.82. The van der Waals surface area contributed by atoms with Crippen molar-refractivity contribution in [3.8, 4) is 0 Å². The second kappa shape index (κ2) is 8.91. The first-order valence-electron chi connectivity index (χ1n) is 9.74. The maximum Gasteiger partial charge on any atom is 0.344 e. The summed E-state index contributed by atoms with van der Waals surface area (Å²) in [6.45, 7) is 7.25. The monoisotopic (exact) mass is 385 g/mol. The minimum atomic E-state index is -0.599. The lowest BCUT2D eigenvalue weighted by molar-refractivity contribution is -0.119. The number of ether oxygens (including phenoxy) is 1. The maximum absolute atomic E-state index is 12.3. The lowest BCUT2D eigenvalue weighted by atomic mass is 10.1. The molecule has 0 aliphatic carbocycles. The Hall–Kier alpha value is -2.83. The average Bonchev–Trinajstić information content (AvgIpc) is 3.09. The molecule has 7 nitrogen and oxygen atoms in total. The van der Waals surface area contributed by atoms with Gasteiger partial charge >= 0.3 is 5.97 Å². The van der Waals surface area contributed by atoms with Gasteiger partial charge in [0.05, 0.1) is 5.69 Å². The normalized spacial score (nSPS) is 14.2. The number of esters is 1. The third-order valence-corrected chi connectivity index (χ3v) is 4.82. The Morgan fingerprint density at radius 1 is 1.18 bits per heavy atom. The van der Waals surface area contributed by atoms with Gasteiger partial charge in [-0.05, 0) is 50.5 Å². The number of carbonyl (C=O) groups excluding carboxylic acids is 2. The van der Waals surface area contributed by atoms with E-state index in [0.29, 0.717) is 22.7 Å².